The van der Waals surface area contributed by atoms with Crippen molar-refractivity contribution in [3.63, 3.8) is 0 Å². The van der Waals surface area contributed by atoms with E-state index in [-0.39, 0.29) is 18.7 Å². The molecule has 0 saturated carbocycles. The molecule has 2 rings (SSSR count). The largest absolute Gasteiger partial charge is 0.478 e. The number of carbonyl (C=O) groups excluding carboxylic acids is 1. The van der Waals surface area contributed by atoms with Crippen LogP contribution in [0.25, 0.3) is 6.08 Å². The maximum Gasteiger partial charge on any atom is 0.262 e. The van der Waals surface area contributed by atoms with Crippen molar-refractivity contribution in [3.8, 4) is 17.9 Å². The Morgan fingerprint density at radius 1 is 1.26 bits per heavy atom. The lowest BCUT2D eigenvalue weighted by Crippen LogP contribution is -2.23. The number of amides is 1. The van der Waals surface area contributed by atoms with Gasteiger partial charge < -0.3 is 14.5 Å². The summed E-state index contributed by atoms with van der Waals surface area (Å²) >= 11 is 0. The predicted molar refractivity (Wildman–Crippen MR) is 81.7 cm³/mol. The molecule has 1 aromatic heterocycles. The molecule has 6 heteroatoms. The van der Waals surface area contributed by atoms with Gasteiger partial charge in [0.1, 0.15) is 29.2 Å². The number of nitrogens with zero attached hydrogens (tertiary/aromatic N) is 2. The van der Waals surface area contributed by atoms with Crippen molar-refractivity contribution < 1.29 is 13.9 Å². The summed E-state index contributed by atoms with van der Waals surface area (Å²) < 4.78 is 10.4. The average Bonchev–Trinajstić information content (AvgIpc) is 3.10. The van der Waals surface area contributed by atoms with Gasteiger partial charge in [0, 0.05) is 5.56 Å². The zero-order valence-electron chi connectivity index (χ0n) is 12.2. The highest BCUT2D eigenvalue weighted by molar-refractivity contribution is 6.01. The van der Waals surface area contributed by atoms with Crippen LogP contribution in [0.4, 0.5) is 0 Å². The maximum absolute atomic E-state index is 12.1. The summed E-state index contributed by atoms with van der Waals surface area (Å²) in [4.78, 5) is 12.1. The third-order valence-corrected chi connectivity index (χ3v) is 2.88. The Morgan fingerprint density at radius 2 is 2.09 bits per heavy atom. The summed E-state index contributed by atoms with van der Waals surface area (Å²) in [6, 6.07) is 14.0. The first-order valence-electron chi connectivity index (χ1n) is 6.75. The fraction of sp³-hybridized carbons (Fsp3) is 0.118. The third-order valence-electron chi connectivity index (χ3n) is 2.88. The van der Waals surface area contributed by atoms with E-state index in [2.05, 4.69) is 5.32 Å². The zero-order chi connectivity index (χ0) is 16.5. The van der Waals surface area contributed by atoms with E-state index in [9.17, 15) is 10.1 Å². The molecule has 0 saturated heterocycles. The van der Waals surface area contributed by atoms with E-state index in [0.29, 0.717) is 17.1 Å². The van der Waals surface area contributed by atoms with Crippen LogP contribution >= 0.6 is 0 Å². The second kappa shape index (κ2) is 8.06. The number of nitrogens with one attached hydrogen (secondary N) is 1. The summed E-state index contributed by atoms with van der Waals surface area (Å²) in [5, 5.41) is 20.4. The summed E-state index contributed by atoms with van der Waals surface area (Å²) in [6.45, 7) is 0.0782. The molecule has 0 radical (unpaired) electrons. The van der Waals surface area contributed by atoms with E-state index in [1.165, 1.54) is 12.3 Å². The van der Waals surface area contributed by atoms with E-state index >= 15 is 0 Å². The molecule has 0 aliphatic rings. The Kier molecular flexibility index (Phi) is 5.56. The van der Waals surface area contributed by atoms with Crippen LogP contribution in [-0.4, -0.2) is 12.5 Å². The molecule has 0 fully saturated rings. The molecule has 1 amide bonds. The normalized spacial score (nSPS) is 10.4. The van der Waals surface area contributed by atoms with Crippen molar-refractivity contribution in [2.24, 2.45) is 0 Å². The number of rotatable bonds is 6. The molecule has 0 spiro atoms. The monoisotopic (exact) mass is 307 g/mol. The van der Waals surface area contributed by atoms with E-state index in [1.807, 2.05) is 12.1 Å². The lowest BCUT2D eigenvalue weighted by molar-refractivity contribution is -0.117. The van der Waals surface area contributed by atoms with Gasteiger partial charge in [-0.3, -0.25) is 4.79 Å². The van der Waals surface area contributed by atoms with Crippen LogP contribution in [0.1, 0.15) is 11.3 Å². The predicted octanol–water partition coefficient (Wildman–Crippen LogP) is 2.41. The molecule has 1 aromatic carbocycles. The summed E-state index contributed by atoms with van der Waals surface area (Å²) in [5.74, 6) is 0.507. The Bertz CT molecular complexity index is 780. The molecule has 23 heavy (non-hydrogen) atoms. The Balaban J connectivity index is 2.13. The SMILES string of the molecule is N#CCOc1ccccc1/C=C(\C#N)C(=O)NCc1ccco1. The minimum Gasteiger partial charge on any atom is -0.478 e. The quantitative estimate of drug-likeness (QED) is 0.652. The number of hydrogen-bond acceptors (Lipinski definition) is 5. The fourth-order valence-electron chi connectivity index (χ4n) is 1.82. The average molecular weight is 307 g/mol. The van der Waals surface area contributed by atoms with Crippen LogP contribution < -0.4 is 10.1 Å². The van der Waals surface area contributed by atoms with E-state index in [0.717, 1.165) is 0 Å². The molecule has 0 aliphatic heterocycles. The van der Waals surface area contributed by atoms with Crippen LogP contribution in [0.3, 0.4) is 0 Å². The molecule has 114 valence electrons. The Labute approximate surface area is 133 Å². The molecule has 2 aromatic rings. The highest BCUT2D eigenvalue weighted by Gasteiger charge is 2.11. The van der Waals surface area contributed by atoms with Gasteiger partial charge in [0.2, 0.25) is 0 Å². The number of ether oxygens (including phenoxy) is 1. The Hall–Kier alpha value is -3.51. The molecule has 0 unspecified atom stereocenters. The summed E-state index contributed by atoms with van der Waals surface area (Å²) in [5.41, 5.74) is 0.483. The van der Waals surface area contributed by atoms with E-state index in [4.69, 9.17) is 14.4 Å². The smallest absolute Gasteiger partial charge is 0.262 e. The van der Waals surface area contributed by atoms with Crippen molar-refractivity contribution in [1.29, 1.82) is 10.5 Å². The molecule has 1 heterocycles. The van der Waals surface area contributed by atoms with Crippen molar-refractivity contribution in [1.82, 2.24) is 5.32 Å². The van der Waals surface area contributed by atoms with E-state index < -0.39 is 5.91 Å². The molecular weight excluding hydrogens is 294 g/mol. The van der Waals surface area contributed by atoms with Crippen molar-refractivity contribution in [2.45, 2.75) is 6.54 Å². The van der Waals surface area contributed by atoms with Crippen molar-refractivity contribution in [2.75, 3.05) is 6.61 Å². The number of furan rings is 1. The molecule has 0 bridgehead atoms. The van der Waals surface area contributed by atoms with Gasteiger partial charge >= 0.3 is 0 Å². The van der Waals surface area contributed by atoms with Gasteiger partial charge in [-0.15, -0.1) is 0 Å². The first kappa shape index (κ1) is 15.9. The zero-order valence-corrected chi connectivity index (χ0v) is 12.2. The molecule has 0 atom stereocenters. The second-order valence-corrected chi connectivity index (χ2v) is 4.42. The number of para-hydroxylation sites is 1. The highest BCUT2D eigenvalue weighted by atomic mass is 16.5. The molecule has 0 aliphatic carbocycles. The van der Waals surface area contributed by atoms with Crippen molar-refractivity contribution >= 4 is 12.0 Å². The number of hydrogen-bond donors (Lipinski definition) is 1. The summed E-state index contributed by atoms with van der Waals surface area (Å²) in [7, 11) is 0. The lowest BCUT2D eigenvalue weighted by Gasteiger charge is -2.06. The number of carbonyl (C=O) groups is 1. The van der Waals surface area contributed by atoms with Gasteiger partial charge in [-0.05, 0) is 24.3 Å². The van der Waals surface area contributed by atoms with Crippen LogP contribution in [0.5, 0.6) is 5.75 Å². The minimum atomic E-state index is -0.515. The molecular formula is C17H13N3O3. The van der Waals surface area contributed by atoms with Crippen LogP contribution in [-0.2, 0) is 11.3 Å². The number of nitriles is 2. The summed E-state index contributed by atoms with van der Waals surface area (Å²) in [6.07, 6.45) is 2.93. The first-order chi connectivity index (χ1) is 11.2. The maximum atomic E-state index is 12.1. The highest BCUT2D eigenvalue weighted by Crippen LogP contribution is 2.21. The molecule has 1 N–H and O–H groups in total. The van der Waals surface area contributed by atoms with Gasteiger partial charge in [0.25, 0.3) is 5.91 Å². The fourth-order valence-corrected chi connectivity index (χ4v) is 1.82. The van der Waals surface area contributed by atoms with Crippen molar-refractivity contribution in [3.05, 3.63) is 59.6 Å². The third kappa shape index (κ3) is 4.48. The Morgan fingerprint density at radius 3 is 2.78 bits per heavy atom. The first-order valence-corrected chi connectivity index (χ1v) is 6.75. The van der Waals surface area contributed by atoms with Gasteiger partial charge in [-0.1, -0.05) is 18.2 Å². The van der Waals surface area contributed by atoms with Gasteiger partial charge in [0.05, 0.1) is 12.8 Å². The standard InChI is InChI=1S/C17H13N3O3/c18-7-9-23-16-6-2-1-4-13(16)10-14(11-19)17(21)20-12-15-5-3-8-22-15/h1-6,8,10H,9,12H2,(H,20,21)/b14-10+. The van der Waals surface area contributed by atoms with Gasteiger partial charge in [0.15, 0.2) is 6.61 Å². The van der Waals surface area contributed by atoms with Gasteiger partial charge in [-0.25, -0.2) is 0 Å². The molecule has 6 nitrogen and oxygen atoms in total. The topological polar surface area (TPSA) is 99.0 Å². The number of benzene rings is 1. The lowest BCUT2D eigenvalue weighted by atomic mass is 10.1. The van der Waals surface area contributed by atoms with E-state index in [1.54, 1.807) is 36.4 Å². The second-order valence-electron chi connectivity index (χ2n) is 4.42. The van der Waals surface area contributed by atoms with Crippen LogP contribution in [0, 0.1) is 22.7 Å². The van der Waals surface area contributed by atoms with Crippen LogP contribution in [0.15, 0.2) is 52.7 Å². The minimum absolute atomic E-state index is 0.0652. The van der Waals surface area contributed by atoms with Crippen LogP contribution in [0.2, 0.25) is 0 Å². The van der Waals surface area contributed by atoms with Gasteiger partial charge in [-0.2, -0.15) is 10.5 Å².